The summed E-state index contributed by atoms with van der Waals surface area (Å²) in [5.74, 6) is -0.898. The Bertz CT molecular complexity index is 1520. The molecule has 0 aromatic rings. The molecule has 0 radical (unpaired) electrons. The summed E-state index contributed by atoms with van der Waals surface area (Å²) in [6, 6.07) is 0. The number of rotatable bonds is 56. The third-order valence-electron chi connectivity index (χ3n) is 13.3. The Kier molecular flexibility index (Phi) is 59.3. The second kappa shape index (κ2) is 62.6. The maximum absolute atomic E-state index is 12.8. The van der Waals surface area contributed by atoms with E-state index in [1.807, 2.05) is 0 Å². The highest BCUT2D eigenvalue weighted by Gasteiger charge is 2.19. The van der Waals surface area contributed by atoms with Gasteiger partial charge < -0.3 is 14.2 Å². The Morgan fingerprint density at radius 2 is 0.520 bits per heavy atom. The van der Waals surface area contributed by atoms with Gasteiger partial charge >= 0.3 is 17.9 Å². The van der Waals surface area contributed by atoms with Gasteiger partial charge in [0.2, 0.25) is 0 Å². The number of hydrogen-bond donors (Lipinski definition) is 0. The van der Waals surface area contributed by atoms with Gasteiger partial charge in [-0.25, -0.2) is 0 Å². The van der Waals surface area contributed by atoms with Crippen molar-refractivity contribution in [3.8, 4) is 0 Å². The van der Waals surface area contributed by atoms with Gasteiger partial charge in [0.1, 0.15) is 13.2 Å². The van der Waals surface area contributed by atoms with Crippen LogP contribution in [0.4, 0.5) is 0 Å². The van der Waals surface area contributed by atoms with E-state index >= 15 is 0 Å². The fourth-order valence-electron chi connectivity index (χ4n) is 8.61. The van der Waals surface area contributed by atoms with Crippen LogP contribution < -0.4 is 0 Å². The first kappa shape index (κ1) is 71.1. The van der Waals surface area contributed by atoms with Crippen molar-refractivity contribution in [1.82, 2.24) is 0 Å². The molecule has 0 saturated heterocycles. The maximum Gasteiger partial charge on any atom is 0.306 e. The molecule has 1 unspecified atom stereocenters. The molecule has 0 aliphatic rings. The average Bonchev–Trinajstić information content (AvgIpc) is 3.41. The zero-order valence-electron chi connectivity index (χ0n) is 49.0. The predicted octanol–water partition coefficient (Wildman–Crippen LogP) is 21.4. The zero-order chi connectivity index (χ0) is 54.3. The molecule has 0 aliphatic heterocycles. The van der Waals surface area contributed by atoms with Gasteiger partial charge in [-0.2, -0.15) is 0 Å². The molecular formula is C69H116O6. The van der Waals surface area contributed by atoms with E-state index in [0.29, 0.717) is 19.3 Å². The van der Waals surface area contributed by atoms with Gasteiger partial charge in [0.05, 0.1) is 0 Å². The number of hydrogen-bond acceptors (Lipinski definition) is 6. The van der Waals surface area contributed by atoms with Crippen LogP contribution in [0, 0.1) is 0 Å². The van der Waals surface area contributed by atoms with Gasteiger partial charge in [-0.3, -0.25) is 14.4 Å². The standard InChI is InChI=1S/C69H116O6/c1-4-7-10-13-16-19-21-23-25-27-28-29-30-31-32-33-34-35-36-37-38-39-40-41-42-43-45-46-48-50-53-56-59-62-68(71)74-65-66(64-73-67(70)61-58-55-52-18-15-12-9-6-3)75-69(72)63-60-57-54-51-49-47-44-26-24-22-20-17-14-11-8-5-2/h7,10,16,19,23,25,28-29,31-32,34-35,37-38,40-41,43,45,66H,4-6,8-9,11-15,17-18,20-22,24,26-27,30,33,36,39,42,44,46-65H2,1-3H3/b10-7-,19-16-,25-23-,29-28-,32-31-,35-34-,38-37-,41-40-,45-43-. The van der Waals surface area contributed by atoms with E-state index in [-0.39, 0.29) is 31.1 Å². The van der Waals surface area contributed by atoms with Crippen LogP contribution in [0.15, 0.2) is 109 Å². The Hall–Kier alpha value is -3.93. The first-order valence-electron chi connectivity index (χ1n) is 31.4. The lowest BCUT2D eigenvalue weighted by atomic mass is 10.0. The minimum atomic E-state index is -0.782. The predicted molar refractivity (Wildman–Crippen MR) is 325 cm³/mol. The van der Waals surface area contributed by atoms with Gasteiger partial charge in [0, 0.05) is 19.3 Å². The Morgan fingerprint density at radius 3 is 0.813 bits per heavy atom. The summed E-state index contributed by atoms with van der Waals surface area (Å²) < 4.78 is 16.8. The normalized spacial score (nSPS) is 12.8. The molecule has 1 atom stereocenters. The smallest absolute Gasteiger partial charge is 0.306 e. The second-order valence-electron chi connectivity index (χ2n) is 20.6. The number of allylic oxidation sites excluding steroid dienone is 18. The molecule has 0 amide bonds. The molecule has 6 heteroatoms. The van der Waals surface area contributed by atoms with Crippen LogP contribution >= 0.6 is 0 Å². The summed E-state index contributed by atoms with van der Waals surface area (Å²) in [5, 5.41) is 0. The number of ether oxygens (including phenoxy) is 3. The molecule has 75 heavy (non-hydrogen) atoms. The molecule has 0 saturated carbocycles. The quantitative estimate of drug-likeness (QED) is 0.0261. The van der Waals surface area contributed by atoms with Crippen LogP contribution in [-0.4, -0.2) is 37.2 Å². The van der Waals surface area contributed by atoms with E-state index in [2.05, 4.69) is 130 Å². The minimum absolute atomic E-state index is 0.0811. The van der Waals surface area contributed by atoms with Gasteiger partial charge in [0.25, 0.3) is 0 Å². The Morgan fingerprint density at radius 1 is 0.280 bits per heavy atom. The van der Waals surface area contributed by atoms with Crippen LogP contribution in [-0.2, 0) is 28.6 Å². The lowest BCUT2D eigenvalue weighted by Crippen LogP contribution is -2.30. The van der Waals surface area contributed by atoms with Crippen LogP contribution in [0.25, 0.3) is 0 Å². The van der Waals surface area contributed by atoms with E-state index in [1.54, 1.807) is 0 Å². The minimum Gasteiger partial charge on any atom is -0.462 e. The number of unbranched alkanes of at least 4 members (excludes halogenated alkanes) is 27. The molecule has 0 heterocycles. The topological polar surface area (TPSA) is 78.9 Å². The third-order valence-corrected chi connectivity index (χ3v) is 13.3. The number of carbonyl (C=O) groups excluding carboxylic acids is 3. The van der Waals surface area contributed by atoms with Crippen molar-refractivity contribution in [3.63, 3.8) is 0 Å². The van der Waals surface area contributed by atoms with Crippen LogP contribution in [0.5, 0.6) is 0 Å². The molecule has 0 rings (SSSR count). The summed E-state index contributed by atoms with van der Waals surface area (Å²) >= 11 is 0. The largest absolute Gasteiger partial charge is 0.462 e. The lowest BCUT2D eigenvalue weighted by Gasteiger charge is -2.18. The summed E-state index contributed by atoms with van der Waals surface area (Å²) in [6.45, 7) is 6.50. The fraction of sp³-hybridized carbons (Fsp3) is 0.696. The Labute approximate surface area is 463 Å². The van der Waals surface area contributed by atoms with Crippen molar-refractivity contribution in [3.05, 3.63) is 109 Å². The lowest BCUT2D eigenvalue weighted by molar-refractivity contribution is -0.167. The van der Waals surface area contributed by atoms with Gasteiger partial charge in [0.15, 0.2) is 6.10 Å². The zero-order valence-corrected chi connectivity index (χ0v) is 49.0. The molecule has 0 aliphatic carbocycles. The average molecular weight is 1040 g/mol. The van der Waals surface area contributed by atoms with Gasteiger partial charge in [-0.15, -0.1) is 0 Å². The van der Waals surface area contributed by atoms with Crippen LogP contribution in [0.2, 0.25) is 0 Å². The van der Waals surface area contributed by atoms with E-state index in [9.17, 15) is 14.4 Å². The first-order chi connectivity index (χ1) is 37.0. The highest BCUT2D eigenvalue weighted by molar-refractivity contribution is 5.71. The molecule has 0 bridgehead atoms. The van der Waals surface area contributed by atoms with Gasteiger partial charge in [-0.05, 0) is 89.9 Å². The molecule has 0 fully saturated rings. The number of carbonyl (C=O) groups is 3. The maximum atomic E-state index is 12.8. The molecule has 0 aromatic heterocycles. The summed E-state index contributed by atoms with van der Waals surface area (Å²) in [4.78, 5) is 38.1. The highest BCUT2D eigenvalue weighted by Crippen LogP contribution is 2.16. The number of esters is 3. The summed E-state index contributed by atoms with van der Waals surface area (Å²) in [6.07, 6.45) is 85.4. The molecule has 0 aromatic carbocycles. The first-order valence-corrected chi connectivity index (χ1v) is 31.4. The molecule has 6 nitrogen and oxygen atoms in total. The molecule has 0 spiro atoms. The van der Waals surface area contributed by atoms with Crippen molar-refractivity contribution < 1.29 is 28.6 Å². The second-order valence-corrected chi connectivity index (χ2v) is 20.6. The van der Waals surface area contributed by atoms with Gasteiger partial charge in [-0.1, -0.05) is 291 Å². The fourth-order valence-corrected chi connectivity index (χ4v) is 8.61. The Balaban J connectivity index is 4.20. The summed E-state index contributed by atoms with van der Waals surface area (Å²) in [7, 11) is 0. The molecular weight excluding hydrogens is 925 g/mol. The molecule has 0 N–H and O–H groups in total. The van der Waals surface area contributed by atoms with E-state index in [0.717, 1.165) is 135 Å². The van der Waals surface area contributed by atoms with E-state index in [1.165, 1.54) is 116 Å². The highest BCUT2D eigenvalue weighted by atomic mass is 16.6. The summed E-state index contributed by atoms with van der Waals surface area (Å²) in [5.41, 5.74) is 0. The van der Waals surface area contributed by atoms with Crippen molar-refractivity contribution in [2.75, 3.05) is 13.2 Å². The van der Waals surface area contributed by atoms with Crippen molar-refractivity contribution in [2.45, 2.75) is 297 Å². The SMILES string of the molecule is CC/C=C\C/C=C\C/C=C\C/C=C\C/C=C\C/C=C\C/C=C\C/C=C\C/C=C\CCCCCCCC(=O)OCC(COC(=O)CCCCCCCCCC)OC(=O)CCCCCCCCCCCCCCCCCC. The van der Waals surface area contributed by atoms with Crippen molar-refractivity contribution in [1.29, 1.82) is 0 Å². The van der Waals surface area contributed by atoms with E-state index < -0.39 is 6.10 Å². The van der Waals surface area contributed by atoms with Crippen molar-refractivity contribution in [2.24, 2.45) is 0 Å². The van der Waals surface area contributed by atoms with Crippen LogP contribution in [0.3, 0.4) is 0 Å². The van der Waals surface area contributed by atoms with Crippen molar-refractivity contribution >= 4 is 17.9 Å². The third kappa shape index (κ3) is 60.8. The van der Waals surface area contributed by atoms with E-state index in [4.69, 9.17) is 14.2 Å². The monoisotopic (exact) mass is 1040 g/mol. The van der Waals surface area contributed by atoms with Crippen LogP contribution in [0.1, 0.15) is 290 Å². The molecule has 428 valence electrons.